The number of amides is 6. The van der Waals surface area contributed by atoms with Crippen molar-refractivity contribution in [1.82, 2.24) is 30.7 Å². The van der Waals surface area contributed by atoms with E-state index in [-0.39, 0.29) is 50.4 Å². The molecule has 298 valence electrons. The van der Waals surface area contributed by atoms with Crippen LogP contribution in [0.25, 0.3) is 0 Å². The number of carbonyl (C=O) groups excluding carboxylic acids is 7. The number of nitrogens with zero attached hydrogens (tertiary/aromatic N) is 3. The molecule has 3 N–H and O–H groups in total. The summed E-state index contributed by atoms with van der Waals surface area (Å²) in [6, 6.07) is -4.22. The Morgan fingerprint density at radius 2 is 1.60 bits per heavy atom. The normalized spacial score (nSPS) is 27.2. The molecule has 0 aromatic heterocycles. The number of halogens is 2. The van der Waals surface area contributed by atoms with Crippen molar-refractivity contribution in [3.63, 3.8) is 0 Å². The minimum Gasteiger partial charge on any atom is -0.461 e. The molecule has 0 unspecified atom stereocenters. The summed E-state index contributed by atoms with van der Waals surface area (Å²) in [6.45, 7) is 6.96. The van der Waals surface area contributed by atoms with E-state index in [4.69, 9.17) is 4.74 Å². The van der Waals surface area contributed by atoms with Crippen LogP contribution in [0.2, 0.25) is 0 Å². The molecule has 4 heterocycles. The van der Waals surface area contributed by atoms with Gasteiger partial charge in [0, 0.05) is 32.1 Å². The van der Waals surface area contributed by atoms with E-state index >= 15 is 0 Å². The molecule has 0 saturated carbocycles. The summed E-state index contributed by atoms with van der Waals surface area (Å²) in [6.07, 6.45) is 7.81. The Kier molecular flexibility index (Phi) is 13.8. The third-order valence-corrected chi connectivity index (χ3v) is 10.5. The van der Waals surface area contributed by atoms with Crippen LogP contribution in [0.5, 0.6) is 0 Å². The Morgan fingerprint density at radius 3 is 2.33 bits per heavy atom. The topological polar surface area (TPSA) is 175 Å². The summed E-state index contributed by atoms with van der Waals surface area (Å²) in [4.78, 5) is 101. The van der Waals surface area contributed by atoms with Crippen molar-refractivity contribution >= 4 is 41.4 Å². The number of esters is 1. The third kappa shape index (κ3) is 10.1. The summed E-state index contributed by atoms with van der Waals surface area (Å²) in [7, 11) is 0. The molecule has 55 heavy (non-hydrogen) atoms. The molecule has 0 aliphatic carbocycles. The quantitative estimate of drug-likeness (QED) is 0.147. The number of hydrogen-bond acceptors (Lipinski definition) is 8. The van der Waals surface area contributed by atoms with Gasteiger partial charge in [-0.05, 0) is 88.0 Å². The standard InChI is InChI=1S/C39H50F2N6O8/c1-4-5-6-7-13-33(48)43-28(19-25-17-26(40)20-27(41)18-25)34(49)44-29-22-55-39(54)32-16-23(2)21-47(32)36(51)24(3)42-35(50)30-11-8-9-14-45(30)38(53)31-12-10-15-46(31)37(29)52/h4,7,13,17-18,20,23-24,28-32H,1,5-6,8-12,14-16,19,21-22H2,2-3H3,(H,42,50)(H,43,48)(H,44,49)/b13-7+/t23-,24+,28+,29+,30+,31+,32+/m1/s1. The number of rotatable bonds is 9. The molecule has 0 radical (unpaired) electrons. The molecule has 4 aliphatic rings. The Balaban J connectivity index is 1.47. The van der Waals surface area contributed by atoms with Gasteiger partial charge in [0.05, 0.1) is 0 Å². The minimum atomic E-state index is -1.56. The molecule has 4 saturated heterocycles. The molecular formula is C39H50F2N6O8. The molecule has 6 amide bonds. The molecule has 0 spiro atoms. The zero-order valence-electron chi connectivity index (χ0n) is 31.3. The number of piperidine rings is 1. The second-order valence-electron chi connectivity index (χ2n) is 14.8. The summed E-state index contributed by atoms with van der Waals surface area (Å²) in [5.41, 5.74) is 0.0454. The third-order valence-electron chi connectivity index (χ3n) is 10.5. The first-order valence-electron chi connectivity index (χ1n) is 19.0. The largest absolute Gasteiger partial charge is 0.461 e. The van der Waals surface area contributed by atoms with Gasteiger partial charge < -0.3 is 35.4 Å². The van der Waals surface area contributed by atoms with Crippen molar-refractivity contribution in [1.29, 1.82) is 0 Å². The Morgan fingerprint density at radius 1 is 0.909 bits per heavy atom. The Bertz CT molecular complexity index is 1690. The highest BCUT2D eigenvalue weighted by atomic mass is 19.1. The average molecular weight is 769 g/mol. The smallest absolute Gasteiger partial charge is 0.328 e. The first kappa shape index (κ1) is 41.0. The van der Waals surface area contributed by atoms with Gasteiger partial charge in [-0.1, -0.05) is 19.1 Å². The minimum absolute atomic E-state index is 0.0454. The van der Waals surface area contributed by atoms with Crippen molar-refractivity contribution in [2.24, 2.45) is 5.92 Å². The van der Waals surface area contributed by atoms with Crippen molar-refractivity contribution < 1.29 is 47.1 Å². The molecule has 1 aromatic carbocycles. The number of cyclic esters (lactones) is 1. The Hall–Kier alpha value is -5.15. The zero-order chi connectivity index (χ0) is 39.8. The van der Waals surface area contributed by atoms with Gasteiger partial charge in [0.2, 0.25) is 35.4 Å². The number of allylic oxidation sites excluding steroid dienone is 2. The van der Waals surface area contributed by atoms with Crippen LogP contribution in [0.3, 0.4) is 0 Å². The fraction of sp³-hybridized carbons (Fsp3) is 0.564. The average Bonchev–Trinajstić information content (AvgIpc) is 3.80. The van der Waals surface area contributed by atoms with Crippen molar-refractivity contribution in [3.05, 3.63) is 60.2 Å². The van der Waals surface area contributed by atoms with Gasteiger partial charge in [0.15, 0.2) is 0 Å². The van der Waals surface area contributed by atoms with E-state index in [1.165, 1.54) is 27.7 Å². The van der Waals surface area contributed by atoms with Crippen LogP contribution in [0.15, 0.2) is 43.0 Å². The molecule has 14 nitrogen and oxygen atoms in total. The highest BCUT2D eigenvalue weighted by molar-refractivity contribution is 5.98. The van der Waals surface area contributed by atoms with E-state index in [1.807, 2.05) is 6.92 Å². The first-order valence-corrected chi connectivity index (χ1v) is 19.0. The number of nitrogens with one attached hydrogen (secondary N) is 3. The fourth-order valence-electron chi connectivity index (χ4n) is 7.79. The van der Waals surface area contributed by atoms with Crippen LogP contribution < -0.4 is 16.0 Å². The van der Waals surface area contributed by atoms with Crippen molar-refractivity contribution in [2.45, 2.75) is 108 Å². The second kappa shape index (κ2) is 18.5. The van der Waals surface area contributed by atoms with E-state index in [0.29, 0.717) is 44.6 Å². The summed E-state index contributed by atoms with van der Waals surface area (Å²) >= 11 is 0. The number of hydrogen-bond donors (Lipinski definition) is 3. The number of fused-ring (bicyclic) bond motifs is 3. The lowest BCUT2D eigenvalue weighted by molar-refractivity contribution is -0.158. The van der Waals surface area contributed by atoms with Gasteiger partial charge >= 0.3 is 5.97 Å². The van der Waals surface area contributed by atoms with Crippen molar-refractivity contribution in [2.75, 3.05) is 26.2 Å². The molecule has 16 heteroatoms. The van der Waals surface area contributed by atoms with Gasteiger partial charge in [-0.15, -0.1) is 6.58 Å². The van der Waals surface area contributed by atoms with Gasteiger partial charge in [-0.2, -0.15) is 0 Å². The lowest BCUT2D eigenvalue weighted by atomic mass is 9.99. The van der Waals surface area contributed by atoms with Crippen LogP contribution in [0.1, 0.15) is 70.8 Å². The zero-order valence-corrected chi connectivity index (χ0v) is 31.3. The van der Waals surface area contributed by atoms with Crippen LogP contribution >= 0.6 is 0 Å². The molecule has 0 bridgehead atoms. The maximum absolute atomic E-state index is 14.4. The molecule has 4 aliphatic heterocycles. The summed E-state index contributed by atoms with van der Waals surface area (Å²) in [5.74, 6) is -6.52. The van der Waals surface area contributed by atoms with Crippen LogP contribution in [-0.4, -0.2) is 119 Å². The molecule has 4 fully saturated rings. The number of ether oxygens (including phenoxy) is 1. The number of carbonyl (C=O) groups is 7. The highest BCUT2D eigenvalue weighted by Crippen LogP contribution is 2.28. The number of benzene rings is 1. The number of unbranched alkanes of at least 4 members (excludes halogenated alkanes) is 1. The van der Waals surface area contributed by atoms with Gasteiger partial charge in [0.25, 0.3) is 0 Å². The van der Waals surface area contributed by atoms with E-state index in [2.05, 4.69) is 22.5 Å². The van der Waals surface area contributed by atoms with Crippen molar-refractivity contribution in [3.8, 4) is 0 Å². The van der Waals surface area contributed by atoms with Gasteiger partial charge in [0.1, 0.15) is 54.5 Å². The predicted molar refractivity (Wildman–Crippen MR) is 194 cm³/mol. The van der Waals surface area contributed by atoms with Gasteiger partial charge in [-0.25, -0.2) is 13.6 Å². The maximum Gasteiger partial charge on any atom is 0.328 e. The Labute approximate surface area is 319 Å². The van der Waals surface area contributed by atoms with Crippen LogP contribution in [0.4, 0.5) is 8.78 Å². The van der Waals surface area contributed by atoms with Crippen LogP contribution in [-0.2, 0) is 44.7 Å². The SMILES string of the molecule is C=CCC/C=C/C(=O)N[C@@H](Cc1cc(F)cc(F)c1)C(=O)N[C@H]1COC(=O)[C@@H]2C[C@@H](C)CN2C(=O)[C@H](C)NC(=O)[C@@H]2CCCCN2C(=O)[C@@H]2CCCN2C1=O. The lowest BCUT2D eigenvalue weighted by Crippen LogP contribution is -2.62. The maximum atomic E-state index is 14.4. The summed E-state index contributed by atoms with van der Waals surface area (Å²) in [5, 5.41) is 7.87. The predicted octanol–water partition coefficient (Wildman–Crippen LogP) is 1.67. The fourth-order valence-corrected chi connectivity index (χ4v) is 7.79. The highest BCUT2D eigenvalue weighted by Gasteiger charge is 2.46. The van der Waals surface area contributed by atoms with E-state index in [9.17, 15) is 42.3 Å². The molecule has 5 rings (SSSR count). The summed E-state index contributed by atoms with van der Waals surface area (Å²) < 4.78 is 34.0. The molecule has 7 atom stereocenters. The van der Waals surface area contributed by atoms with Crippen LogP contribution in [0, 0.1) is 17.6 Å². The molecular weight excluding hydrogens is 718 g/mol. The first-order chi connectivity index (χ1) is 26.3. The van der Waals surface area contributed by atoms with E-state index in [0.717, 1.165) is 12.1 Å². The van der Waals surface area contributed by atoms with Gasteiger partial charge in [-0.3, -0.25) is 28.8 Å². The monoisotopic (exact) mass is 768 g/mol. The van der Waals surface area contributed by atoms with E-state index in [1.54, 1.807) is 12.2 Å². The van der Waals surface area contributed by atoms with E-state index < -0.39 is 95.9 Å². The second-order valence-corrected chi connectivity index (χ2v) is 14.8. The lowest BCUT2D eigenvalue weighted by Gasteiger charge is -2.39. The molecule has 1 aromatic rings.